The van der Waals surface area contributed by atoms with Gasteiger partial charge in [-0.15, -0.1) is 0 Å². The predicted molar refractivity (Wildman–Crippen MR) is 89.9 cm³/mol. The Kier molecular flexibility index (Phi) is 5.35. The molecule has 1 aliphatic carbocycles. The number of benzene rings is 1. The Morgan fingerprint density at radius 1 is 1.20 bits per heavy atom. The number of ether oxygens (including phenoxy) is 1. The highest BCUT2D eigenvalue weighted by Gasteiger charge is 2.34. The molecule has 1 atom stereocenters. The van der Waals surface area contributed by atoms with Crippen LogP contribution in [0.3, 0.4) is 0 Å². The number of nitrogens with one attached hydrogen (secondary N) is 3. The summed E-state index contributed by atoms with van der Waals surface area (Å²) in [4.78, 5) is 25.1. The molecular formula is C18H22N3O4+. The van der Waals surface area contributed by atoms with Gasteiger partial charge in [0.05, 0.1) is 19.4 Å². The molecule has 1 fully saturated rings. The van der Waals surface area contributed by atoms with E-state index in [1.54, 1.807) is 13.2 Å². The van der Waals surface area contributed by atoms with Crippen molar-refractivity contribution in [2.75, 3.05) is 13.7 Å². The second-order valence-corrected chi connectivity index (χ2v) is 6.11. The number of carbonyl (C=O) groups is 2. The SMILES string of the molecule is COc1ccc(C[NH+](CC(=O)NNC(=O)c2ccco2)C2CC2)cc1. The zero-order valence-corrected chi connectivity index (χ0v) is 14.1. The lowest BCUT2D eigenvalue weighted by Gasteiger charge is -2.19. The maximum atomic E-state index is 12.2. The number of hydrazine groups is 1. The van der Waals surface area contributed by atoms with Gasteiger partial charge in [-0.25, -0.2) is 0 Å². The number of methoxy groups -OCH3 is 1. The molecule has 1 heterocycles. The molecule has 3 N–H and O–H groups in total. The number of furan rings is 1. The molecule has 3 rings (SSSR count). The van der Waals surface area contributed by atoms with E-state index in [0.717, 1.165) is 30.7 Å². The molecule has 2 amide bonds. The van der Waals surface area contributed by atoms with Gasteiger partial charge in [0.15, 0.2) is 12.3 Å². The lowest BCUT2D eigenvalue weighted by Crippen LogP contribution is -3.13. The van der Waals surface area contributed by atoms with E-state index in [1.807, 2.05) is 24.3 Å². The van der Waals surface area contributed by atoms with Crippen molar-refractivity contribution < 1.29 is 23.6 Å². The van der Waals surface area contributed by atoms with E-state index in [-0.39, 0.29) is 11.7 Å². The van der Waals surface area contributed by atoms with Crippen LogP contribution in [-0.4, -0.2) is 31.5 Å². The topological polar surface area (TPSA) is 85.0 Å². The Labute approximate surface area is 145 Å². The molecule has 7 nitrogen and oxygen atoms in total. The summed E-state index contributed by atoms with van der Waals surface area (Å²) >= 11 is 0. The fourth-order valence-electron chi connectivity index (χ4n) is 2.69. The summed E-state index contributed by atoms with van der Waals surface area (Å²) in [7, 11) is 1.64. The minimum Gasteiger partial charge on any atom is -0.497 e. The summed E-state index contributed by atoms with van der Waals surface area (Å²) in [5.41, 5.74) is 5.96. The molecule has 1 aromatic carbocycles. The lowest BCUT2D eigenvalue weighted by molar-refractivity contribution is -0.917. The molecule has 1 unspecified atom stereocenters. The first kappa shape index (κ1) is 17.0. The fourth-order valence-corrected chi connectivity index (χ4v) is 2.69. The highest BCUT2D eigenvalue weighted by Crippen LogP contribution is 2.16. The molecule has 1 aliphatic rings. The van der Waals surface area contributed by atoms with Crippen LogP contribution in [0.1, 0.15) is 29.0 Å². The molecule has 1 saturated carbocycles. The second-order valence-electron chi connectivity index (χ2n) is 6.11. The lowest BCUT2D eigenvalue weighted by atomic mass is 10.2. The van der Waals surface area contributed by atoms with Crippen LogP contribution >= 0.6 is 0 Å². The number of rotatable bonds is 7. The van der Waals surface area contributed by atoms with Gasteiger partial charge in [-0.05, 0) is 36.4 Å². The monoisotopic (exact) mass is 344 g/mol. The summed E-state index contributed by atoms with van der Waals surface area (Å²) in [5.74, 6) is 0.275. The van der Waals surface area contributed by atoms with Gasteiger partial charge in [0.2, 0.25) is 0 Å². The Hall–Kier alpha value is -2.80. The van der Waals surface area contributed by atoms with Gasteiger partial charge < -0.3 is 14.1 Å². The average molecular weight is 344 g/mol. The first-order chi connectivity index (χ1) is 12.2. The van der Waals surface area contributed by atoms with Gasteiger partial charge >= 0.3 is 5.91 Å². The van der Waals surface area contributed by atoms with Crippen molar-refractivity contribution in [3.05, 3.63) is 54.0 Å². The predicted octanol–water partition coefficient (Wildman–Crippen LogP) is 0.297. The summed E-state index contributed by atoms with van der Waals surface area (Å²) in [6.07, 6.45) is 3.65. The molecule has 0 bridgehead atoms. The van der Waals surface area contributed by atoms with E-state index >= 15 is 0 Å². The van der Waals surface area contributed by atoms with Gasteiger partial charge in [-0.2, -0.15) is 0 Å². The largest absolute Gasteiger partial charge is 0.497 e. The Bertz CT molecular complexity index is 708. The second kappa shape index (κ2) is 7.85. The smallest absolute Gasteiger partial charge is 0.305 e. The molecule has 132 valence electrons. The molecule has 25 heavy (non-hydrogen) atoms. The van der Waals surface area contributed by atoms with Crippen molar-refractivity contribution in [2.45, 2.75) is 25.4 Å². The standard InChI is InChI=1S/C18H21N3O4/c1-24-15-8-4-13(5-9-15)11-21(14-6-7-14)12-17(22)19-20-18(23)16-3-2-10-25-16/h2-5,8-10,14H,6-7,11-12H2,1H3,(H,19,22)(H,20,23)/p+1. The van der Waals surface area contributed by atoms with Crippen LogP contribution in [-0.2, 0) is 11.3 Å². The van der Waals surface area contributed by atoms with Crippen LogP contribution in [0, 0.1) is 0 Å². The van der Waals surface area contributed by atoms with Crippen LogP contribution in [0.5, 0.6) is 5.75 Å². The number of hydrogen-bond donors (Lipinski definition) is 3. The van der Waals surface area contributed by atoms with Crippen LogP contribution in [0.25, 0.3) is 0 Å². The van der Waals surface area contributed by atoms with Gasteiger partial charge in [-0.1, -0.05) is 0 Å². The van der Waals surface area contributed by atoms with Crippen LogP contribution in [0.15, 0.2) is 47.1 Å². The van der Waals surface area contributed by atoms with E-state index in [2.05, 4.69) is 10.9 Å². The maximum Gasteiger partial charge on any atom is 0.305 e. The third-order valence-corrected chi connectivity index (χ3v) is 4.19. The minimum atomic E-state index is -0.471. The molecule has 0 spiro atoms. The van der Waals surface area contributed by atoms with Crippen LogP contribution < -0.4 is 20.5 Å². The molecular weight excluding hydrogens is 322 g/mol. The molecule has 1 aromatic heterocycles. The first-order valence-electron chi connectivity index (χ1n) is 8.26. The van der Waals surface area contributed by atoms with E-state index in [9.17, 15) is 9.59 Å². The van der Waals surface area contributed by atoms with Crippen LogP contribution in [0.4, 0.5) is 0 Å². The fraction of sp³-hybridized carbons (Fsp3) is 0.333. The van der Waals surface area contributed by atoms with Crippen molar-refractivity contribution in [2.24, 2.45) is 0 Å². The van der Waals surface area contributed by atoms with Crippen LogP contribution in [0.2, 0.25) is 0 Å². The molecule has 0 saturated heterocycles. The Morgan fingerprint density at radius 2 is 1.96 bits per heavy atom. The van der Waals surface area contributed by atoms with E-state index < -0.39 is 5.91 Å². The average Bonchev–Trinajstić information content (AvgIpc) is 3.33. The highest BCUT2D eigenvalue weighted by molar-refractivity contribution is 5.92. The Balaban J connectivity index is 1.50. The number of amides is 2. The zero-order chi connectivity index (χ0) is 17.6. The van der Waals surface area contributed by atoms with E-state index in [4.69, 9.17) is 9.15 Å². The van der Waals surface area contributed by atoms with Crippen molar-refractivity contribution in [1.82, 2.24) is 10.9 Å². The van der Waals surface area contributed by atoms with Gasteiger partial charge in [0, 0.05) is 18.4 Å². The quantitative estimate of drug-likeness (QED) is 0.631. The van der Waals surface area contributed by atoms with Crippen molar-refractivity contribution in [1.29, 1.82) is 0 Å². The van der Waals surface area contributed by atoms with Gasteiger partial charge in [0.1, 0.15) is 12.3 Å². The third kappa shape index (κ3) is 4.84. The number of quaternary nitrogens is 1. The van der Waals surface area contributed by atoms with Gasteiger partial charge in [0.25, 0.3) is 5.91 Å². The normalized spacial score (nSPS) is 14.6. The molecule has 2 aromatic rings. The summed E-state index contributed by atoms with van der Waals surface area (Å²) < 4.78 is 10.1. The maximum absolute atomic E-state index is 12.2. The van der Waals surface area contributed by atoms with Crippen molar-refractivity contribution >= 4 is 11.8 Å². The molecule has 0 radical (unpaired) electrons. The highest BCUT2D eigenvalue weighted by atomic mass is 16.5. The minimum absolute atomic E-state index is 0.157. The zero-order valence-electron chi connectivity index (χ0n) is 14.1. The molecule has 0 aliphatic heterocycles. The Morgan fingerprint density at radius 3 is 2.56 bits per heavy atom. The van der Waals surface area contributed by atoms with Crippen molar-refractivity contribution in [3.8, 4) is 5.75 Å². The van der Waals surface area contributed by atoms with Crippen molar-refractivity contribution in [3.63, 3.8) is 0 Å². The number of carbonyl (C=O) groups excluding carboxylic acids is 2. The summed E-state index contributed by atoms with van der Waals surface area (Å²) in [5, 5.41) is 0. The first-order valence-corrected chi connectivity index (χ1v) is 8.26. The van der Waals surface area contributed by atoms with Gasteiger partial charge in [-0.3, -0.25) is 20.4 Å². The number of hydrogen-bond acceptors (Lipinski definition) is 4. The summed E-state index contributed by atoms with van der Waals surface area (Å²) in [6, 6.07) is 11.5. The summed E-state index contributed by atoms with van der Waals surface area (Å²) in [6.45, 7) is 1.06. The van der Waals surface area contributed by atoms with E-state index in [0.29, 0.717) is 12.6 Å². The van der Waals surface area contributed by atoms with E-state index in [1.165, 1.54) is 17.2 Å². The third-order valence-electron chi connectivity index (χ3n) is 4.19. The molecule has 7 heteroatoms.